The lowest BCUT2D eigenvalue weighted by molar-refractivity contribution is 0.0949. The summed E-state index contributed by atoms with van der Waals surface area (Å²) in [7, 11) is 0. The van der Waals surface area contributed by atoms with Crippen LogP contribution in [0.1, 0.15) is 21.6 Å². The Kier molecular flexibility index (Phi) is 5.93. The molecule has 0 radical (unpaired) electrons. The summed E-state index contributed by atoms with van der Waals surface area (Å²) in [4.78, 5) is 12.1. The molecular weight excluding hydrogens is 395 g/mol. The van der Waals surface area contributed by atoms with Crippen molar-refractivity contribution in [3.63, 3.8) is 0 Å². The van der Waals surface area contributed by atoms with E-state index in [0.717, 1.165) is 5.56 Å². The summed E-state index contributed by atoms with van der Waals surface area (Å²) in [5.41, 5.74) is 4.22. The van der Waals surface area contributed by atoms with E-state index in [1.54, 1.807) is 41.2 Å². The Hall–Kier alpha value is -2.34. The summed E-state index contributed by atoms with van der Waals surface area (Å²) < 4.78 is 1.61. The van der Waals surface area contributed by atoms with Crippen LogP contribution >= 0.6 is 34.8 Å². The highest BCUT2D eigenvalue weighted by Crippen LogP contribution is 2.21. The smallest absolute Gasteiger partial charge is 0.267 e. The first kappa shape index (κ1) is 18.5. The van der Waals surface area contributed by atoms with Crippen LogP contribution in [0.3, 0.4) is 0 Å². The van der Waals surface area contributed by atoms with E-state index in [1.807, 2.05) is 18.2 Å². The van der Waals surface area contributed by atoms with Gasteiger partial charge in [-0.05, 0) is 29.8 Å². The van der Waals surface area contributed by atoms with Crippen molar-refractivity contribution in [1.29, 1.82) is 0 Å². The van der Waals surface area contributed by atoms with Gasteiger partial charge < -0.3 is 0 Å². The largest absolute Gasteiger partial charge is 0.291 e. The lowest BCUT2D eigenvalue weighted by Gasteiger charge is -2.05. The van der Waals surface area contributed by atoms with Crippen LogP contribution in [-0.4, -0.2) is 21.9 Å². The highest BCUT2D eigenvalue weighted by atomic mass is 35.5. The van der Waals surface area contributed by atoms with Crippen molar-refractivity contribution in [2.45, 2.75) is 6.54 Å². The lowest BCUT2D eigenvalue weighted by atomic mass is 10.2. The molecule has 0 bridgehead atoms. The zero-order valence-electron chi connectivity index (χ0n) is 13.4. The third kappa shape index (κ3) is 4.64. The molecule has 3 rings (SSSR count). The molecule has 1 heterocycles. The van der Waals surface area contributed by atoms with Gasteiger partial charge in [-0.25, -0.2) is 5.43 Å². The molecule has 1 amide bonds. The SMILES string of the molecule is O=C(N/N=C\c1ccccc1Cl)c1ccn(Cc2ccc(Cl)cc2Cl)n1. The Bertz CT molecular complexity index is 969. The van der Waals surface area contributed by atoms with E-state index in [0.29, 0.717) is 27.2 Å². The van der Waals surface area contributed by atoms with Gasteiger partial charge in [-0.2, -0.15) is 10.2 Å². The number of nitrogens with one attached hydrogen (secondary N) is 1. The average molecular weight is 408 g/mol. The molecule has 3 aromatic rings. The van der Waals surface area contributed by atoms with Crippen LogP contribution in [-0.2, 0) is 6.54 Å². The maximum Gasteiger partial charge on any atom is 0.291 e. The maximum atomic E-state index is 12.1. The summed E-state index contributed by atoms with van der Waals surface area (Å²) >= 11 is 18.1. The van der Waals surface area contributed by atoms with E-state index in [4.69, 9.17) is 34.8 Å². The zero-order valence-corrected chi connectivity index (χ0v) is 15.6. The van der Waals surface area contributed by atoms with Gasteiger partial charge in [0.2, 0.25) is 0 Å². The standard InChI is InChI=1S/C18H13Cl3N4O/c19-14-6-5-13(16(21)9-14)11-25-8-7-17(24-25)18(26)23-22-10-12-3-1-2-4-15(12)20/h1-10H,11H2,(H,23,26)/b22-10-. The Labute approximate surface area is 165 Å². The summed E-state index contributed by atoms with van der Waals surface area (Å²) in [5.74, 6) is -0.422. The second-order valence-corrected chi connectivity index (χ2v) is 6.61. The van der Waals surface area contributed by atoms with E-state index < -0.39 is 5.91 Å². The van der Waals surface area contributed by atoms with Gasteiger partial charge in [-0.1, -0.05) is 59.1 Å². The minimum absolute atomic E-state index is 0.242. The Morgan fingerprint density at radius 3 is 2.69 bits per heavy atom. The number of benzene rings is 2. The predicted molar refractivity (Wildman–Crippen MR) is 104 cm³/mol. The highest BCUT2D eigenvalue weighted by molar-refractivity contribution is 6.35. The van der Waals surface area contributed by atoms with Crippen molar-refractivity contribution >= 4 is 46.9 Å². The van der Waals surface area contributed by atoms with Gasteiger partial charge in [0.05, 0.1) is 12.8 Å². The van der Waals surface area contributed by atoms with Crippen LogP contribution in [0.5, 0.6) is 0 Å². The molecule has 0 spiro atoms. The highest BCUT2D eigenvalue weighted by Gasteiger charge is 2.10. The van der Waals surface area contributed by atoms with E-state index in [1.165, 1.54) is 6.21 Å². The average Bonchev–Trinajstić information content (AvgIpc) is 3.08. The quantitative estimate of drug-likeness (QED) is 0.494. The third-order valence-electron chi connectivity index (χ3n) is 3.50. The number of hydrazone groups is 1. The molecule has 0 fully saturated rings. The van der Waals surface area contributed by atoms with Gasteiger partial charge >= 0.3 is 0 Å². The van der Waals surface area contributed by atoms with Gasteiger partial charge in [0.1, 0.15) is 0 Å². The fraction of sp³-hybridized carbons (Fsp3) is 0.0556. The van der Waals surface area contributed by atoms with Crippen molar-refractivity contribution in [2.24, 2.45) is 5.10 Å². The molecular formula is C18H13Cl3N4O. The maximum absolute atomic E-state index is 12.1. The first-order valence-electron chi connectivity index (χ1n) is 7.58. The molecule has 2 aromatic carbocycles. The molecule has 0 saturated carbocycles. The summed E-state index contributed by atoms with van der Waals surface area (Å²) in [6.07, 6.45) is 3.17. The molecule has 1 aromatic heterocycles. The number of halogens is 3. The number of nitrogens with zero attached hydrogens (tertiary/aromatic N) is 3. The van der Waals surface area contributed by atoms with E-state index in [-0.39, 0.29) is 5.69 Å². The zero-order chi connectivity index (χ0) is 18.5. The number of carbonyl (C=O) groups excluding carboxylic acids is 1. The van der Waals surface area contributed by atoms with Gasteiger partial charge in [0, 0.05) is 26.8 Å². The number of amides is 1. The number of hydrogen-bond acceptors (Lipinski definition) is 3. The van der Waals surface area contributed by atoms with Crippen LogP contribution < -0.4 is 5.43 Å². The van der Waals surface area contributed by atoms with E-state index in [2.05, 4.69) is 15.6 Å². The van der Waals surface area contributed by atoms with Crippen LogP contribution in [0.25, 0.3) is 0 Å². The van der Waals surface area contributed by atoms with Crippen molar-refractivity contribution < 1.29 is 4.79 Å². The van der Waals surface area contributed by atoms with E-state index >= 15 is 0 Å². The van der Waals surface area contributed by atoms with Crippen LogP contribution in [0.4, 0.5) is 0 Å². The molecule has 0 atom stereocenters. The van der Waals surface area contributed by atoms with Crippen LogP contribution in [0.2, 0.25) is 15.1 Å². The molecule has 5 nitrogen and oxygen atoms in total. The molecule has 1 N–H and O–H groups in total. The van der Waals surface area contributed by atoms with Gasteiger partial charge in [-0.3, -0.25) is 9.48 Å². The Balaban J connectivity index is 1.63. The van der Waals surface area contributed by atoms with Crippen molar-refractivity contribution in [1.82, 2.24) is 15.2 Å². The lowest BCUT2D eigenvalue weighted by Crippen LogP contribution is -2.18. The molecule has 132 valence electrons. The second-order valence-electron chi connectivity index (χ2n) is 5.35. The van der Waals surface area contributed by atoms with Gasteiger partial charge in [0.25, 0.3) is 5.91 Å². The monoisotopic (exact) mass is 406 g/mol. The molecule has 26 heavy (non-hydrogen) atoms. The first-order valence-corrected chi connectivity index (χ1v) is 8.71. The molecule has 8 heteroatoms. The van der Waals surface area contributed by atoms with Gasteiger partial charge in [0.15, 0.2) is 5.69 Å². The Morgan fingerprint density at radius 1 is 1.12 bits per heavy atom. The van der Waals surface area contributed by atoms with Crippen molar-refractivity contribution in [2.75, 3.05) is 0 Å². The first-order chi connectivity index (χ1) is 12.5. The van der Waals surface area contributed by atoms with Crippen LogP contribution in [0, 0.1) is 0 Å². The van der Waals surface area contributed by atoms with Crippen molar-refractivity contribution in [3.05, 3.63) is 86.6 Å². The predicted octanol–water partition coefficient (Wildman–Crippen LogP) is 4.66. The van der Waals surface area contributed by atoms with E-state index in [9.17, 15) is 4.79 Å². The topological polar surface area (TPSA) is 59.3 Å². The summed E-state index contributed by atoms with van der Waals surface area (Å²) in [6, 6.07) is 14.0. The fourth-order valence-corrected chi connectivity index (χ4v) is 2.85. The molecule has 0 unspecified atom stereocenters. The second kappa shape index (κ2) is 8.36. The number of aromatic nitrogens is 2. The number of carbonyl (C=O) groups is 1. The molecule has 0 aliphatic heterocycles. The molecule has 0 aliphatic rings. The Morgan fingerprint density at radius 2 is 1.92 bits per heavy atom. The fourth-order valence-electron chi connectivity index (χ4n) is 2.19. The third-order valence-corrected chi connectivity index (χ3v) is 4.43. The number of hydrogen-bond donors (Lipinski definition) is 1. The summed E-state index contributed by atoms with van der Waals surface area (Å²) in [5, 5.41) is 9.79. The number of rotatable bonds is 5. The van der Waals surface area contributed by atoms with Gasteiger partial charge in [-0.15, -0.1) is 0 Å². The normalized spacial score (nSPS) is 11.0. The molecule has 0 saturated heterocycles. The molecule has 0 aliphatic carbocycles. The minimum atomic E-state index is -0.422. The van der Waals surface area contributed by atoms with Crippen molar-refractivity contribution in [3.8, 4) is 0 Å². The van der Waals surface area contributed by atoms with Crippen LogP contribution in [0.15, 0.2) is 59.8 Å². The minimum Gasteiger partial charge on any atom is -0.267 e. The summed E-state index contributed by atoms with van der Waals surface area (Å²) in [6.45, 7) is 0.423.